The number of halogens is 1. The number of nitrogens with two attached hydrogens (primary N) is 1. The number of thiazole rings is 1. The molecule has 164 valence electrons. The van der Waals surface area contributed by atoms with E-state index in [2.05, 4.69) is 15.2 Å². The van der Waals surface area contributed by atoms with Crippen LogP contribution < -0.4 is 10.5 Å². The number of nitrogen functional groups attached to an aromatic ring is 1. The molecule has 2 aromatic heterocycles. The molecule has 0 radical (unpaired) electrons. The van der Waals surface area contributed by atoms with Gasteiger partial charge in [-0.05, 0) is 60.7 Å². The summed E-state index contributed by atoms with van der Waals surface area (Å²) < 4.78 is 7.90. The second-order valence-corrected chi connectivity index (χ2v) is 8.60. The number of ether oxygens (including phenoxy) is 1. The van der Waals surface area contributed by atoms with Crippen molar-refractivity contribution in [2.24, 2.45) is 10.2 Å². The highest BCUT2D eigenvalue weighted by Crippen LogP contribution is 2.48. The summed E-state index contributed by atoms with van der Waals surface area (Å²) in [5.74, 6) is 1.10. The molecule has 2 heterocycles. The number of azo groups is 1. The number of anilines is 1. The van der Waals surface area contributed by atoms with Crippen LogP contribution in [0.2, 0.25) is 5.02 Å². The van der Waals surface area contributed by atoms with Crippen LogP contribution in [-0.2, 0) is 0 Å². The van der Waals surface area contributed by atoms with Crippen LogP contribution in [0.15, 0.2) is 83.0 Å². The first-order valence-electron chi connectivity index (χ1n) is 9.96. The van der Waals surface area contributed by atoms with Gasteiger partial charge in [-0.3, -0.25) is 4.57 Å². The van der Waals surface area contributed by atoms with E-state index >= 15 is 0 Å². The molecule has 0 atom stereocenters. The van der Waals surface area contributed by atoms with E-state index in [1.807, 2.05) is 48.5 Å². The molecule has 3 N–H and O–H groups in total. The van der Waals surface area contributed by atoms with Crippen LogP contribution in [0.3, 0.4) is 0 Å². The van der Waals surface area contributed by atoms with Gasteiger partial charge in [0.15, 0.2) is 5.75 Å². The van der Waals surface area contributed by atoms with Gasteiger partial charge in [0.1, 0.15) is 16.6 Å². The molecule has 5 aromatic rings. The van der Waals surface area contributed by atoms with Crippen molar-refractivity contribution >= 4 is 50.5 Å². The predicted octanol–water partition coefficient (Wildman–Crippen LogP) is 7.12. The van der Waals surface area contributed by atoms with Gasteiger partial charge in [-0.2, -0.15) is 0 Å². The van der Waals surface area contributed by atoms with E-state index in [0.717, 1.165) is 10.2 Å². The van der Waals surface area contributed by atoms with Crippen molar-refractivity contribution in [3.8, 4) is 27.8 Å². The lowest BCUT2D eigenvalue weighted by Gasteiger charge is -2.09. The van der Waals surface area contributed by atoms with Crippen LogP contribution in [-0.4, -0.2) is 21.8 Å². The number of para-hydroxylation sites is 1. The summed E-state index contributed by atoms with van der Waals surface area (Å²) in [4.78, 5) is 4.67. The summed E-state index contributed by atoms with van der Waals surface area (Å²) in [6, 6.07) is 22.0. The number of rotatable bonds is 5. The Hall–Kier alpha value is -3.88. The van der Waals surface area contributed by atoms with E-state index in [0.29, 0.717) is 38.5 Å². The molecule has 0 aliphatic rings. The molecular weight excluding hydrogens is 458 g/mol. The molecule has 0 bridgehead atoms. The summed E-state index contributed by atoms with van der Waals surface area (Å²) in [6.07, 6.45) is 0. The zero-order valence-electron chi connectivity index (χ0n) is 17.4. The minimum atomic E-state index is -0.0971. The molecule has 0 amide bonds. The quantitative estimate of drug-likeness (QED) is 0.264. The Morgan fingerprint density at radius 2 is 1.73 bits per heavy atom. The molecule has 0 aliphatic heterocycles. The van der Waals surface area contributed by atoms with E-state index in [1.165, 1.54) is 11.3 Å². The van der Waals surface area contributed by atoms with Crippen LogP contribution in [0, 0.1) is 0 Å². The Kier molecular flexibility index (Phi) is 5.45. The number of aromatic hydroxyl groups is 1. The molecule has 0 aliphatic carbocycles. The summed E-state index contributed by atoms with van der Waals surface area (Å²) in [7, 11) is 1.60. The summed E-state index contributed by atoms with van der Waals surface area (Å²) in [6.45, 7) is 0. The van der Waals surface area contributed by atoms with Crippen molar-refractivity contribution in [1.82, 2.24) is 9.55 Å². The summed E-state index contributed by atoms with van der Waals surface area (Å²) in [5, 5.41) is 21.0. The van der Waals surface area contributed by atoms with Gasteiger partial charge in [0, 0.05) is 10.7 Å². The van der Waals surface area contributed by atoms with Gasteiger partial charge in [0.25, 0.3) is 0 Å². The van der Waals surface area contributed by atoms with E-state index in [1.54, 1.807) is 35.9 Å². The van der Waals surface area contributed by atoms with Crippen molar-refractivity contribution in [3.05, 3.63) is 77.8 Å². The number of fused-ring (bicyclic) bond motifs is 1. The SMILES string of the molecule is COc1ccc(-n2c(N)c(-c3nc4ccccc4s3)c(O)c2N=Nc2ccc(Cl)cc2)cc1. The Morgan fingerprint density at radius 1 is 1.00 bits per heavy atom. The number of aromatic nitrogens is 2. The first-order chi connectivity index (χ1) is 16.0. The maximum atomic E-state index is 11.2. The Balaban J connectivity index is 1.69. The Labute approximate surface area is 198 Å². The molecule has 0 spiro atoms. The molecule has 9 heteroatoms. The van der Waals surface area contributed by atoms with Crippen LogP contribution >= 0.6 is 22.9 Å². The van der Waals surface area contributed by atoms with E-state index < -0.39 is 0 Å². The topological polar surface area (TPSA) is 98.0 Å². The monoisotopic (exact) mass is 475 g/mol. The number of nitrogens with zero attached hydrogens (tertiary/aromatic N) is 4. The number of hydrogen-bond acceptors (Lipinski definition) is 7. The highest BCUT2D eigenvalue weighted by Gasteiger charge is 2.26. The minimum Gasteiger partial charge on any atom is -0.504 e. The van der Waals surface area contributed by atoms with Gasteiger partial charge in [-0.15, -0.1) is 21.6 Å². The number of hydrogen-bond donors (Lipinski definition) is 2. The van der Waals surface area contributed by atoms with Crippen molar-refractivity contribution in [1.29, 1.82) is 0 Å². The van der Waals surface area contributed by atoms with E-state index in [9.17, 15) is 5.11 Å². The molecule has 7 nitrogen and oxygen atoms in total. The normalized spacial score (nSPS) is 11.5. The highest BCUT2D eigenvalue weighted by molar-refractivity contribution is 7.21. The molecule has 0 unspecified atom stereocenters. The van der Waals surface area contributed by atoms with Crippen molar-refractivity contribution in [2.45, 2.75) is 0 Å². The van der Waals surface area contributed by atoms with E-state index in [4.69, 9.17) is 22.1 Å². The van der Waals surface area contributed by atoms with Crippen LogP contribution in [0.5, 0.6) is 11.5 Å². The first-order valence-corrected chi connectivity index (χ1v) is 11.2. The predicted molar refractivity (Wildman–Crippen MR) is 133 cm³/mol. The molecule has 0 fully saturated rings. The Morgan fingerprint density at radius 3 is 2.42 bits per heavy atom. The maximum Gasteiger partial charge on any atom is 0.204 e. The smallest absolute Gasteiger partial charge is 0.204 e. The zero-order valence-corrected chi connectivity index (χ0v) is 19.0. The van der Waals surface area contributed by atoms with Crippen molar-refractivity contribution < 1.29 is 9.84 Å². The lowest BCUT2D eigenvalue weighted by Crippen LogP contribution is -2.00. The second-order valence-electron chi connectivity index (χ2n) is 7.13. The van der Waals surface area contributed by atoms with Crippen LogP contribution in [0.4, 0.5) is 17.3 Å². The number of methoxy groups -OCH3 is 1. The maximum absolute atomic E-state index is 11.2. The fourth-order valence-corrected chi connectivity index (χ4v) is 4.60. The lowest BCUT2D eigenvalue weighted by molar-refractivity contribution is 0.415. The lowest BCUT2D eigenvalue weighted by atomic mass is 10.3. The van der Waals surface area contributed by atoms with Gasteiger partial charge in [0.2, 0.25) is 5.82 Å². The Bertz CT molecular complexity index is 1440. The van der Waals surface area contributed by atoms with Gasteiger partial charge in [-0.1, -0.05) is 23.7 Å². The molecule has 0 saturated heterocycles. The second kappa shape index (κ2) is 8.57. The first kappa shape index (κ1) is 21.0. The fourth-order valence-electron chi connectivity index (χ4n) is 3.45. The van der Waals surface area contributed by atoms with Crippen molar-refractivity contribution in [3.63, 3.8) is 0 Å². The molecule has 3 aromatic carbocycles. The average Bonchev–Trinajstić information content (AvgIpc) is 3.36. The zero-order chi connectivity index (χ0) is 22.9. The van der Waals surface area contributed by atoms with Crippen LogP contribution in [0.1, 0.15) is 0 Å². The third-order valence-corrected chi connectivity index (χ3v) is 6.39. The molecule has 5 rings (SSSR count). The van der Waals surface area contributed by atoms with Crippen LogP contribution in [0.25, 0.3) is 26.5 Å². The summed E-state index contributed by atoms with van der Waals surface area (Å²) in [5.41, 5.74) is 9.09. The third-order valence-electron chi connectivity index (χ3n) is 5.08. The fraction of sp³-hybridized carbons (Fsp3) is 0.0417. The average molecular weight is 476 g/mol. The molecule has 33 heavy (non-hydrogen) atoms. The third kappa shape index (κ3) is 3.90. The molecular formula is C24H18ClN5O2S. The summed E-state index contributed by atoms with van der Waals surface area (Å²) >= 11 is 7.41. The van der Waals surface area contributed by atoms with E-state index in [-0.39, 0.29) is 11.6 Å². The minimum absolute atomic E-state index is 0.0971. The standard InChI is InChI=1S/C24H18ClN5O2S/c1-32-17-12-10-16(11-13-17)30-22(26)20(24-27-18-4-2-3-5-19(18)33-24)21(31)23(30)29-28-15-8-6-14(25)7-9-15/h2-13,31H,26H2,1H3. The van der Waals surface area contributed by atoms with Gasteiger partial charge in [-0.25, -0.2) is 4.98 Å². The van der Waals surface area contributed by atoms with Gasteiger partial charge >= 0.3 is 0 Å². The van der Waals surface area contributed by atoms with Crippen molar-refractivity contribution in [2.75, 3.05) is 12.8 Å². The van der Waals surface area contributed by atoms with Gasteiger partial charge in [0.05, 0.1) is 28.6 Å². The largest absolute Gasteiger partial charge is 0.504 e. The highest BCUT2D eigenvalue weighted by atomic mass is 35.5. The molecule has 0 saturated carbocycles. The number of benzene rings is 3. The van der Waals surface area contributed by atoms with Gasteiger partial charge < -0.3 is 15.6 Å².